The van der Waals surface area contributed by atoms with Crippen LogP contribution in [-0.4, -0.2) is 51.7 Å². The molecule has 4 atom stereocenters. The van der Waals surface area contributed by atoms with Gasteiger partial charge in [-0.3, -0.25) is 4.79 Å². The molecule has 3 aromatic carbocycles. The first-order valence-corrected chi connectivity index (χ1v) is 16.5. The van der Waals surface area contributed by atoms with Gasteiger partial charge in [0.05, 0.1) is 18.2 Å². The molecule has 0 aliphatic heterocycles. The summed E-state index contributed by atoms with van der Waals surface area (Å²) in [7, 11) is 0. The molecule has 45 heavy (non-hydrogen) atoms. The maximum Gasteiger partial charge on any atom is 0.321 e. The number of rotatable bonds is 7. The van der Waals surface area contributed by atoms with E-state index < -0.39 is 17.1 Å². The molecule has 0 spiro atoms. The summed E-state index contributed by atoms with van der Waals surface area (Å²) in [6.45, 7) is 7.05. The number of carbonyl (C=O) groups is 2. The van der Waals surface area contributed by atoms with Gasteiger partial charge in [0.2, 0.25) is 0 Å². The highest BCUT2D eigenvalue weighted by atomic mass is 16.3. The van der Waals surface area contributed by atoms with Crippen LogP contribution in [0.1, 0.15) is 98.7 Å². The molecule has 6 nitrogen and oxygen atoms in total. The SMILES string of the molecule is CCCN(CC1(O)CCC2c3ccc(cc3C(=O)c3ccccc3)CC(O)CCC(C)=CCCC21C)C(=O)Nc1ccccc1. The van der Waals surface area contributed by atoms with Gasteiger partial charge < -0.3 is 20.4 Å². The van der Waals surface area contributed by atoms with Crippen molar-refractivity contribution in [1.29, 1.82) is 0 Å². The van der Waals surface area contributed by atoms with E-state index in [1.807, 2.05) is 79.7 Å². The molecule has 4 unspecified atom stereocenters. The first-order chi connectivity index (χ1) is 21.6. The van der Waals surface area contributed by atoms with Gasteiger partial charge in [-0.25, -0.2) is 4.79 Å². The van der Waals surface area contributed by atoms with E-state index in [1.54, 1.807) is 4.90 Å². The number of nitrogens with one attached hydrogen (secondary N) is 1. The lowest BCUT2D eigenvalue weighted by molar-refractivity contribution is -0.0763. The van der Waals surface area contributed by atoms with Gasteiger partial charge in [-0.2, -0.15) is 0 Å². The second-order valence-electron chi connectivity index (χ2n) is 13.4. The summed E-state index contributed by atoms with van der Waals surface area (Å²) in [5.41, 5.74) is 3.32. The lowest BCUT2D eigenvalue weighted by atomic mass is 9.64. The molecule has 1 fully saturated rings. The highest BCUT2D eigenvalue weighted by Gasteiger charge is 2.57. The molecule has 0 radical (unpaired) electrons. The Morgan fingerprint density at radius 1 is 0.978 bits per heavy atom. The van der Waals surface area contributed by atoms with Crippen LogP contribution in [0.4, 0.5) is 10.5 Å². The molecular weight excluding hydrogens is 560 g/mol. The largest absolute Gasteiger partial charge is 0.393 e. The van der Waals surface area contributed by atoms with Gasteiger partial charge >= 0.3 is 6.03 Å². The first kappa shape index (κ1) is 32.6. The molecule has 2 bridgehead atoms. The summed E-state index contributed by atoms with van der Waals surface area (Å²) in [5, 5.41) is 26.6. The van der Waals surface area contributed by atoms with Gasteiger partial charge in [-0.15, -0.1) is 0 Å². The molecule has 3 aromatic rings. The minimum absolute atomic E-state index is 0.0441. The maximum atomic E-state index is 14.1. The molecule has 6 rings (SSSR count). The molecule has 3 aliphatic carbocycles. The number of ketones is 1. The van der Waals surface area contributed by atoms with Gasteiger partial charge in [-0.1, -0.05) is 86.2 Å². The van der Waals surface area contributed by atoms with Gasteiger partial charge in [-0.05, 0) is 93.5 Å². The summed E-state index contributed by atoms with van der Waals surface area (Å²) < 4.78 is 0. The number of allylic oxidation sites excluding steroid dienone is 2. The zero-order chi connectivity index (χ0) is 32.0. The second-order valence-corrected chi connectivity index (χ2v) is 13.4. The molecule has 6 heteroatoms. The van der Waals surface area contributed by atoms with Crippen LogP contribution < -0.4 is 5.32 Å². The number of urea groups is 1. The predicted molar refractivity (Wildman–Crippen MR) is 181 cm³/mol. The molecule has 0 aromatic heterocycles. The van der Waals surface area contributed by atoms with E-state index in [-0.39, 0.29) is 24.3 Å². The Bertz CT molecular complexity index is 1500. The average molecular weight is 609 g/mol. The Labute approximate surface area is 268 Å². The summed E-state index contributed by atoms with van der Waals surface area (Å²) in [6.07, 6.45) is 7.14. The summed E-state index contributed by atoms with van der Waals surface area (Å²) in [4.78, 5) is 29.4. The smallest absolute Gasteiger partial charge is 0.321 e. The van der Waals surface area contributed by atoms with Crippen molar-refractivity contribution in [2.24, 2.45) is 5.41 Å². The van der Waals surface area contributed by atoms with E-state index in [9.17, 15) is 19.8 Å². The standard InChI is InChI=1S/C39H48N2O4/c1-4-24-41(37(44)40-31-15-9-6-10-16-31)27-39(45)23-21-35-33-20-18-29(26-34(33)36(43)30-13-7-5-8-14-30)25-32(42)19-17-28(2)12-11-22-38(35,39)3/h5-10,12-16,18,20,26,32,35,42,45H,4,11,17,19,21-25,27H2,1-3H3,(H,40,44). The number of fused-ring (bicyclic) bond motifs is 8. The van der Waals surface area contributed by atoms with E-state index in [1.165, 1.54) is 5.57 Å². The van der Waals surface area contributed by atoms with E-state index in [0.29, 0.717) is 49.8 Å². The van der Waals surface area contributed by atoms with Gasteiger partial charge in [0.1, 0.15) is 0 Å². The van der Waals surface area contributed by atoms with E-state index in [0.717, 1.165) is 36.1 Å². The van der Waals surface area contributed by atoms with Crippen molar-refractivity contribution in [3.8, 4) is 0 Å². The van der Waals surface area contributed by atoms with Crippen molar-refractivity contribution in [3.05, 3.63) is 113 Å². The van der Waals surface area contributed by atoms with Crippen LogP contribution in [0.15, 0.2) is 90.5 Å². The number of hydrogen-bond donors (Lipinski definition) is 3. The van der Waals surface area contributed by atoms with E-state index >= 15 is 0 Å². The third-order valence-corrected chi connectivity index (χ3v) is 10.2. The van der Waals surface area contributed by atoms with Crippen molar-refractivity contribution in [2.45, 2.75) is 89.8 Å². The number of hydrogen-bond acceptors (Lipinski definition) is 4. The zero-order valence-electron chi connectivity index (χ0n) is 27.0. The topological polar surface area (TPSA) is 89.9 Å². The molecule has 0 saturated heterocycles. The molecule has 1 saturated carbocycles. The van der Waals surface area contributed by atoms with Crippen LogP contribution >= 0.6 is 0 Å². The lowest BCUT2D eigenvalue weighted by Crippen LogP contribution is -2.54. The Morgan fingerprint density at radius 3 is 2.40 bits per heavy atom. The van der Waals surface area contributed by atoms with Gasteiger partial charge in [0.25, 0.3) is 0 Å². The Hall–Kier alpha value is -3.74. The summed E-state index contributed by atoms with van der Waals surface area (Å²) in [6, 6.07) is 24.6. The summed E-state index contributed by atoms with van der Waals surface area (Å²) >= 11 is 0. The third-order valence-electron chi connectivity index (χ3n) is 10.2. The molecule has 3 aliphatic rings. The van der Waals surface area contributed by atoms with Gasteiger partial charge in [0.15, 0.2) is 5.78 Å². The quantitative estimate of drug-likeness (QED) is 0.188. The van der Waals surface area contributed by atoms with Crippen LogP contribution in [0.2, 0.25) is 0 Å². The Kier molecular flexibility index (Phi) is 10.3. The monoisotopic (exact) mass is 608 g/mol. The van der Waals surface area contributed by atoms with Crippen LogP contribution in [0.3, 0.4) is 0 Å². The Morgan fingerprint density at radius 2 is 1.69 bits per heavy atom. The number of para-hydroxylation sites is 1. The van der Waals surface area contributed by atoms with Crippen molar-refractivity contribution in [3.63, 3.8) is 0 Å². The number of aliphatic hydroxyl groups excluding tert-OH is 1. The van der Waals surface area contributed by atoms with Crippen LogP contribution in [-0.2, 0) is 6.42 Å². The number of amides is 2. The minimum atomic E-state index is -1.17. The highest BCUT2D eigenvalue weighted by molar-refractivity contribution is 6.10. The highest BCUT2D eigenvalue weighted by Crippen LogP contribution is 2.59. The number of nitrogens with zero attached hydrogens (tertiary/aromatic N) is 1. The van der Waals surface area contributed by atoms with Crippen LogP contribution in [0.5, 0.6) is 0 Å². The molecule has 2 amide bonds. The van der Waals surface area contributed by atoms with Crippen molar-refractivity contribution >= 4 is 17.5 Å². The third kappa shape index (κ3) is 7.23. The number of aliphatic hydroxyl groups is 2. The predicted octanol–water partition coefficient (Wildman–Crippen LogP) is 7.90. The van der Waals surface area contributed by atoms with Crippen LogP contribution in [0.25, 0.3) is 0 Å². The number of carbonyl (C=O) groups excluding carboxylic acids is 2. The average Bonchev–Trinajstić information content (AvgIpc) is 3.29. The van der Waals surface area contributed by atoms with Crippen molar-refractivity contribution < 1.29 is 19.8 Å². The van der Waals surface area contributed by atoms with E-state index in [2.05, 4.69) is 31.3 Å². The molecule has 3 N–H and O–H groups in total. The molecular formula is C39H48N2O4. The lowest BCUT2D eigenvalue weighted by Gasteiger charge is -2.46. The minimum Gasteiger partial charge on any atom is -0.393 e. The number of anilines is 1. The zero-order valence-corrected chi connectivity index (χ0v) is 27.0. The van der Waals surface area contributed by atoms with Crippen LogP contribution in [0, 0.1) is 5.41 Å². The molecule has 0 heterocycles. The fourth-order valence-electron chi connectivity index (χ4n) is 7.50. The van der Waals surface area contributed by atoms with Gasteiger partial charge in [0, 0.05) is 28.8 Å². The maximum absolute atomic E-state index is 14.1. The fraction of sp³-hybridized carbons (Fsp3) is 0.436. The summed E-state index contributed by atoms with van der Waals surface area (Å²) in [5.74, 6) is -0.140. The van der Waals surface area contributed by atoms with Crippen molar-refractivity contribution in [1.82, 2.24) is 4.90 Å². The number of benzene rings is 3. The van der Waals surface area contributed by atoms with E-state index in [4.69, 9.17) is 0 Å². The molecule has 238 valence electrons. The van der Waals surface area contributed by atoms with Crippen molar-refractivity contribution in [2.75, 3.05) is 18.4 Å². The second kappa shape index (κ2) is 14.1. The first-order valence-electron chi connectivity index (χ1n) is 16.5. The Balaban J connectivity index is 1.56. The normalized spacial score (nSPS) is 25.1. The fourth-order valence-corrected chi connectivity index (χ4v) is 7.50.